The first kappa shape index (κ1) is 30.0. The van der Waals surface area contributed by atoms with Crippen molar-refractivity contribution < 1.29 is 34.8 Å². The molecule has 36 heavy (non-hydrogen) atoms. The standard InChI is InChI=1S/C26H43N3O7/c1-2-3-4-5-6-7-15-36-19-12-10-18(11-13-19)28-24(33)20(9-8-14-27)29-25(34)26(35)16-21(30)23(32)22(31)17-26/h10-13,20-23,30-32,35H,2-9,14-17,27H2,1H3,(H,28,33)(H,29,34)/t20?,21-,22-,23?,26?/m1/s1. The van der Waals surface area contributed by atoms with Gasteiger partial charge in [-0.05, 0) is 50.1 Å². The van der Waals surface area contributed by atoms with Crippen LogP contribution in [0.25, 0.3) is 0 Å². The number of hydrogen-bond donors (Lipinski definition) is 7. The van der Waals surface area contributed by atoms with Crippen molar-refractivity contribution in [1.29, 1.82) is 0 Å². The minimum absolute atomic E-state index is 0.233. The highest BCUT2D eigenvalue weighted by Gasteiger charge is 2.48. The van der Waals surface area contributed by atoms with Crippen molar-refractivity contribution in [2.24, 2.45) is 5.73 Å². The van der Waals surface area contributed by atoms with Crippen LogP contribution in [0.1, 0.15) is 71.1 Å². The summed E-state index contributed by atoms with van der Waals surface area (Å²) in [7, 11) is 0. The van der Waals surface area contributed by atoms with E-state index in [-0.39, 0.29) is 6.42 Å². The summed E-state index contributed by atoms with van der Waals surface area (Å²) >= 11 is 0. The lowest BCUT2D eigenvalue weighted by molar-refractivity contribution is -0.173. The molecule has 3 atom stereocenters. The number of carbonyl (C=O) groups excluding carboxylic acids is 2. The molecule has 1 saturated carbocycles. The number of aliphatic hydroxyl groups excluding tert-OH is 3. The van der Waals surface area contributed by atoms with Gasteiger partial charge in [0.2, 0.25) is 5.91 Å². The van der Waals surface area contributed by atoms with Gasteiger partial charge in [0, 0.05) is 18.5 Å². The van der Waals surface area contributed by atoms with Crippen molar-refractivity contribution in [3.63, 3.8) is 0 Å². The fourth-order valence-corrected chi connectivity index (χ4v) is 4.28. The summed E-state index contributed by atoms with van der Waals surface area (Å²) < 4.78 is 5.76. The molecule has 0 spiro atoms. The van der Waals surface area contributed by atoms with Crippen LogP contribution in [0, 0.1) is 0 Å². The van der Waals surface area contributed by atoms with Crippen LogP contribution >= 0.6 is 0 Å². The predicted molar refractivity (Wildman–Crippen MR) is 136 cm³/mol. The molecule has 0 bridgehead atoms. The molecule has 1 aliphatic rings. The van der Waals surface area contributed by atoms with Crippen molar-refractivity contribution in [2.45, 2.75) is 101 Å². The van der Waals surface area contributed by atoms with Crippen LogP contribution in [-0.2, 0) is 9.59 Å². The maximum absolute atomic E-state index is 12.9. The summed E-state index contributed by atoms with van der Waals surface area (Å²) in [5.74, 6) is -0.686. The minimum atomic E-state index is -2.12. The lowest BCUT2D eigenvalue weighted by Gasteiger charge is -2.39. The van der Waals surface area contributed by atoms with E-state index in [0.717, 1.165) is 12.8 Å². The van der Waals surface area contributed by atoms with E-state index >= 15 is 0 Å². The van der Waals surface area contributed by atoms with E-state index in [1.54, 1.807) is 24.3 Å². The number of amides is 2. The molecular weight excluding hydrogens is 466 g/mol. The van der Waals surface area contributed by atoms with Crippen LogP contribution in [0.2, 0.25) is 0 Å². The summed E-state index contributed by atoms with van der Waals surface area (Å²) in [5, 5.41) is 45.5. The highest BCUT2D eigenvalue weighted by Crippen LogP contribution is 2.30. The number of benzene rings is 1. The van der Waals surface area contributed by atoms with Crippen molar-refractivity contribution in [3.8, 4) is 5.75 Å². The van der Waals surface area contributed by atoms with Gasteiger partial charge >= 0.3 is 0 Å². The highest BCUT2D eigenvalue weighted by atomic mass is 16.5. The molecule has 0 saturated heterocycles. The van der Waals surface area contributed by atoms with E-state index in [1.165, 1.54) is 25.7 Å². The smallest absolute Gasteiger partial charge is 0.252 e. The second-order valence-electron chi connectivity index (χ2n) is 9.65. The molecule has 1 unspecified atom stereocenters. The van der Waals surface area contributed by atoms with Gasteiger partial charge in [-0.2, -0.15) is 0 Å². The van der Waals surface area contributed by atoms with Gasteiger partial charge in [-0.25, -0.2) is 0 Å². The van der Waals surface area contributed by atoms with E-state index in [0.29, 0.717) is 31.0 Å². The van der Waals surface area contributed by atoms with Gasteiger partial charge in [-0.3, -0.25) is 9.59 Å². The fourth-order valence-electron chi connectivity index (χ4n) is 4.28. The fraction of sp³-hybridized carbons (Fsp3) is 0.692. The van der Waals surface area contributed by atoms with Crippen molar-refractivity contribution >= 4 is 17.5 Å². The Morgan fingerprint density at radius 3 is 2.25 bits per heavy atom. The number of anilines is 1. The Morgan fingerprint density at radius 1 is 1.03 bits per heavy atom. The zero-order valence-corrected chi connectivity index (χ0v) is 21.2. The molecule has 8 N–H and O–H groups in total. The topological polar surface area (TPSA) is 174 Å². The van der Waals surface area contributed by atoms with Gasteiger partial charge in [0.1, 0.15) is 23.5 Å². The summed E-state index contributed by atoms with van der Waals surface area (Å²) in [4.78, 5) is 25.7. The summed E-state index contributed by atoms with van der Waals surface area (Å²) in [6.07, 6.45) is 2.46. The minimum Gasteiger partial charge on any atom is -0.494 e. The number of hydrogen-bond acceptors (Lipinski definition) is 8. The maximum atomic E-state index is 12.9. The van der Waals surface area contributed by atoms with Gasteiger partial charge in [-0.1, -0.05) is 39.0 Å². The Hall–Kier alpha value is -2.24. The van der Waals surface area contributed by atoms with E-state index in [9.17, 15) is 30.0 Å². The predicted octanol–water partition coefficient (Wildman–Crippen LogP) is 1.20. The number of nitrogens with one attached hydrogen (secondary N) is 2. The Bertz CT molecular complexity index is 793. The Balaban J connectivity index is 1.90. The second-order valence-corrected chi connectivity index (χ2v) is 9.65. The average Bonchev–Trinajstić information content (AvgIpc) is 2.85. The number of aliphatic hydroxyl groups is 4. The van der Waals surface area contributed by atoms with Crippen molar-refractivity contribution in [3.05, 3.63) is 24.3 Å². The van der Waals surface area contributed by atoms with E-state index < -0.39 is 54.6 Å². The van der Waals surface area contributed by atoms with Gasteiger partial charge in [0.05, 0.1) is 18.8 Å². The van der Waals surface area contributed by atoms with E-state index in [4.69, 9.17) is 10.5 Å². The number of carbonyl (C=O) groups is 2. The van der Waals surface area contributed by atoms with E-state index in [2.05, 4.69) is 17.6 Å². The van der Waals surface area contributed by atoms with Crippen molar-refractivity contribution in [2.75, 3.05) is 18.5 Å². The van der Waals surface area contributed by atoms with Crippen LogP contribution in [0.5, 0.6) is 5.75 Å². The highest BCUT2D eigenvalue weighted by molar-refractivity contribution is 5.98. The van der Waals surface area contributed by atoms with Crippen molar-refractivity contribution in [1.82, 2.24) is 5.32 Å². The van der Waals surface area contributed by atoms with Crippen LogP contribution in [0.15, 0.2) is 24.3 Å². The third-order valence-corrected chi connectivity index (χ3v) is 6.51. The molecule has 10 heteroatoms. The molecule has 1 aliphatic carbocycles. The summed E-state index contributed by atoms with van der Waals surface area (Å²) in [5.41, 5.74) is 3.98. The van der Waals surface area contributed by atoms with Gasteiger partial charge in [0.15, 0.2) is 0 Å². The molecule has 0 radical (unpaired) electrons. The van der Waals surface area contributed by atoms with Gasteiger partial charge in [-0.15, -0.1) is 0 Å². The number of ether oxygens (including phenoxy) is 1. The number of nitrogens with two attached hydrogens (primary N) is 1. The number of rotatable bonds is 15. The molecule has 1 fully saturated rings. The van der Waals surface area contributed by atoms with Gasteiger partial charge in [0.25, 0.3) is 5.91 Å². The van der Waals surface area contributed by atoms with Crippen LogP contribution in [0.4, 0.5) is 5.69 Å². The van der Waals surface area contributed by atoms with Crippen LogP contribution < -0.4 is 21.1 Å². The first-order valence-corrected chi connectivity index (χ1v) is 13.0. The summed E-state index contributed by atoms with van der Waals surface area (Å²) in [6.45, 7) is 3.13. The van der Waals surface area contributed by atoms with Gasteiger partial charge < -0.3 is 41.5 Å². The molecule has 0 aromatic heterocycles. The lowest BCUT2D eigenvalue weighted by atomic mass is 9.79. The molecule has 1 aromatic rings. The molecule has 2 rings (SSSR count). The third-order valence-electron chi connectivity index (χ3n) is 6.51. The third kappa shape index (κ3) is 9.33. The zero-order valence-electron chi connectivity index (χ0n) is 21.2. The number of unbranched alkanes of at least 4 members (excludes halogenated alkanes) is 5. The zero-order chi connectivity index (χ0) is 26.6. The van der Waals surface area contributed by atoms with Crippen LogP contribution in [0.3, 0.4) is 0 Å². The summed E-state index contributed by atoms with van der Waals surface area (Å²) in [6, 6.07) is 5.95. The Morgan fingerprint density at radius 2 is 1.64 bits per heavy atom. The average molecular weight is 510 g/mol. The molecule has 10 nitrogen and oxygen atoms in total. The second kappa shape index (κ2) is 15.1. The molecular formula is C26H43N3O7. The van der Waals surface area contributed by atoms with E-state index in [1.807, 2.05) is 0 Å². The molecule has 0 aliphatic heterocycles. The molecule has 2 amide bonds. The molecule has 1 aromatic carbocycles. The Labute approximate surface area is 213 Å². The normalized spacial score (nSPS) is 24.7. The van der Waals surface area contributed by atoms with Crippen LogP contribution in [-0.4, -0.2) is 75.3 Å². The first-order chi connectivity index (χ1) is 17.2. The largest absolute Gasteiger partial charge is 0.494 e. The monoisotopic (exact) mass is 509 g/mol. The molecule has 204 valence electrons. The SMILES string of the molecule is CCCCCCCCOc1ccc(NC(=O)C(CCCN)NC(=O)C2(O)C[C@@H](O)C(O)[C@H](O)C2)cc1. The first-order valence-electron chi connectivity index (χ1n) is 13.0. The lowest BCUT2D eigenvalue weighted by Crippen LogP contribution is -2.61. The molecule has 0 heterocycles. The maximum Gasteiger partial charge on any atom is 0.252 e. The Kier molecular flexibility index (Phi) is 12.6. The quantitative estimate of drug-likeness (QED) is 0.173.